The monoisotopic (exact) mass is 212 g/mol. The number of terminal acetylenes is 1. The number of hydrogen-bond donors (Lipinski definition) is 2. The lowest BCUT2D eigenvalue weighted by atomic mass is 10.3. The lowest BCUT2D eigenvalue weighted by Crippen LogP contribution is -2.45. The molecule has 0 heterocycles. The summed E-state index contributed by atoms with van der Waals surface area (Å²) in [6.07, 6.45) is 5.80. The van der Waals surface area contributed by atoms with Crippen LogP contribution in [0.1, 0.15) is 20.3 Å². The zero-order valence-corrected chi connectivity index (χ0v) is 8.99. The number of hydrogen-bond acceptors (Lipinski definition) is 2. The highest BCUT2D eigenvalue weighted by atomic mass is 16.4. The van der Waals surface area contributed by atoms with E-state index in [4.69, 9.17) is 11.5 Å². The van der Waals surface area contributed by atoms with Gasteiger partial charge in [0.1, 0.15) is 6.54 Å². The molecule has 0 aliphatic carbocycles. The average molecular weight is 212 g/mol. The van der Waals surface area contributed by atoms with Crippen molar-refractivity contribution in [1.82, 2.24) is 10.2 Å². The SMILES string of the molecule is C#CC(C)NC(=O)N(CCC)CC(=O)O. The van der Waals surface area contributed by atoms with Crippen molar-refractivity contribution in [3.8, 4) is 12.3 Å². The van der Waals surface area contributed by atoms with Crippen molar-refractivity contribution in [1.29, 1.82) is 0 Å². The highest BCUT2D eigenvalue weighted by molar-refractivity contribution is 5.80. The first-order chi connectivity index (χ1) is 7.01. The van der Waals surface area contributed by atoms with E-state index < -0.39 is 18.0 Å². The van der Waals surface area contributed by atoms with Gasteiger partial charge in [0.15, 0.2) is 0 Å². The predicted octanol–water partition coefficient (Wildman–Crippen LogP) is 0.514. The summed E-state index contributed by atoms with van der Waals surface area (Å²) < 4.78 is 0. The van der Waals surface area contributed by atoms with Gasteiger partial charge in [-0.1, -0.05) is 12.8 Å². The van der Waals surface area contributed by atoms with Gasteiger partial charge in [0, 0.05) is 6.54 Å². The molecule has 0 aromatic rings. The van der Waals surface area contributed by atoms with Gasteiger partial charge in [0.2, 0.25) is 0 Å². The van der Waals surface area contributed by atoms with Crippen LogP contribution in [0.5, 0.6) is 0 Å². The van der Waals surface area contributed by atoms with Gasteiger partial charge in [-0.2, -0.15) is 0 Å². The average Bonchev–Trinajstić information content (AvgIpc) is 2.16. The molecule has 0 bridgehead atoms. The summed E-state index contributed by atoms with van der Waals surface area (Å²) in [5, 5.41) is 11.1. The van der Waals surface area contributed by atoms with Gasteiger partial charge in [0.25, 0.3) is 0 Å². The van der Waals surface area contributed by atoms with E-state index in [-0.39, 0.29) is 6.54 Å². The number of rotatable bonds is 5. The van der Waals surface area contributed by atoms with Crippen LogP contribution >= 0.6 is 0 Å². The Kier molecular flexibility index (Phi) is 5.95. The van der Waals surface area contributed by atoms with Crippen LogP contribution in [0.2, 0.25) is 0 Å². The molecule has 5 heteroatoms. The fourth-order valence-corrected chi connectivity index (χ4v) is 1.00. The number of carboxylic acid groups (broad SMARTS) is 1. The smallest absolute Gasteiger partial charge is 0.323 e. The van der Waals surface area contributed by atoms with Crippen molar-refractivity contribution >= 4 is 12.0 Å². The molecular formula is C10H16N2O3. The van der Waals surface area contributed by atoms with Crippen molar-refractivity contribution in [2.75, 3.05) is 13.1 Å². The molecule has 0 aromatic carbocycles. The third-order valence-electron chi connectivity index (χ3n) is 1.70. The zero-order valence-electron chi connectivity index (χ0n) is 8.99. The molecule has 0 fully saturated rings. The molecule has 0 radical (unpaired) electrons. The summed E-state index contributed by atoms with van der Waals surface area (Å²) >= 11 is 0. The number of carboxylic acids is 1. The van der Waals surface area contributed by atoms with Crippen molar-refractivity contribution in [2.24, 2.45) is 0 Å². The first-order valence-corrected chi connectivity index (χ1v) is 4.74. The second-order valence-electron chi connectivity index (χ2n) is 3.15. The summed E-state index contributed by atoms with van der Waals surface area (Å²) in [6.45, 7) is 3.61. The first kappa shape index (κ1) is 13.3. The third-order valence-corrected chi connectivity index (χ3v) is 1.70. The molecule has 0 saturated heterocycles. The van der Waals surface area contributed by atoms with E-state index in [1.807, 2.05) is 6.92 Å². The lowest BCUT2D eigenvalue weighted by Gasteiger charge is -2.21. The molecule has 0 saturated carbocycles. The van der Waals surface area contributed by atoms with Crippen LogP contribution in [-0.2, 0) is 4.79 Å². The minimum absolute atomic E-state index is 0.309. The first-order valence-electron chi connectivity index (χ1n) is 4.74. The quantitative estimate of drug-likeness (QED) is 0.652. The molecule has 0 aromatic heterocycles. The maximum atomic E-state index is 11.5. The summed E-state index contributed by atoms with van der Waals surface area (Å²) in [5.74, 6) is 1.30. The van der Waals surface area contributed by atoms with Crippen LogP contribution in [0.3, 0.4) is 0 Å². The molecular weight excluding hydrogens is 196 g/mol. The Hall–Kier alpha value is -1.70. The topological polar surface area (TPSA) is 69.6 Å². The Morgan fingerprint density at radius 1 is 1.60 bits per heavy atom. The van der Waals surface area contributed by atoms with E-state index >= 15 is 0 Å². The molecule has 2 N–H and O–H groups in total. The summed E-state index contributed by atoms with van der Waals surface area (Å²) in [6, 6.07) is -0.838. The number of carbonyl (C=O) groups is 2. The summed E-state index contributed by atoms with van der Waals surface area (Å²) in [7, 11) is 0. The van der Waals surface area contributed by atoms with Gasteiger partial charge in [-0.25, -0.2) is 4.79 Å². The maximum Gasteiger partial charge on any atom is 0.323 e. The van der Waals surface area contributed by atoms with E-state index in [1.165, 1.54) is 4.90 Å². The normalized spacial score (nSPS) is 11.3. The number of aliphatic carboxylic acids is 1. The highest BCUT2D eigenvalue weighted by Crippen LogP contribution is 1.93. The van der Waals surface area contributed by atoms with E-state index in [0.29, 0.717) is 13.0 Å². The minimum atomic E-state index is -1.04. The van der Waals surface area contributed by atoms with Gasteiger partial charge >= 0.3 is 12.0 Å². The molecule has 0 spiro atoms. The van der Waals surface area contributed by atoms with Crippen LogP contribution in [0.15, 0.2) is 0 Å². The molecule has 2 amide bonds. The molecule has 5 nitrogen and oxygen atoms in total. The molecule has 15 heavy (non-hydrogen) atoms. The van der Waals surface area contributed by atoms with Crippen LogP contribution < -0.4 is 5.32 Å². The van der Waals surface area contributed by atoms with Gasteiger partial charge < -0.3 is 15.3 Å². The largest absolute Gasteiger partial charge is 0.480 e. The van der Waals surface area contributed by atoms with E-state index in [1.54, 1.807) is 6.92 Å². The number of nitrogens with one attached hydrogen (secondary N) is 1. The Labute approximate surface area is 89.4 Å². The Morgan fingerprint density at radius 2 is 2.20 bits per heavy atom. The standard InChI is InChI=1S/C10H16N2O3/c1-4-6-12(7-9(13)14)10(15)11-8(3)5-2/h2,8H,4,6-7H2,1,3H3,(H,11,15)(H,13,14). The Balaban J connectivity index is 4.29. The Bertz CT molecular complexity index is 270. The number of nitrogens with zero attached hydrogens (tertiary/aromatic N) is 1. The van der Waals surface area contributed by atoms with Gasteiger partial charge in [-0.05, 0) is 13.3 Å². The highest BCUT2D eigenvalue weighted by Gasteiger charge is 2.16. The summed E-state index contributed by atoms with van der Waals surface area (Å²) in [5.41, 5.74) is 0. The molecule has 0 aliphatic heterocycles. The predicted molar refractivity (Wildman–Crippen MR) is 56.3 cm³/mol. The van der Waals surface area contributed by atoms with Gasteiger partial charge in [-0.15, -0.1) is 6.42 Å². The Morgan fingerprint density at radius 3 is 2.60 bits per heavy atom. The van der Waals surface area contributed by atoms with E-state index in [0.717, 1.165) is 0 Å². The third kappa shape index (κ3) is 5.57. The molecule has 1 atom stereocenters. The van der Waals surface area contributed by atoms with Crippen LogP contribution in [0, 0.1) is 12.3 Å². The maximum absolute atomic E-state index is 11.5. The van der Waals surface area contributed by atoms with Crippen molar-refractivity contribution in [3.05, 3.63) is 0 Å². The fourth-order valence-electron chi connectivity index (χ4n) is 1.00. The minimum Gasteiger partial charge on any atom is -0.480 e. The summed E-state index contributed by atoms with van der Waals surface area (Å²) in [4.78, 5) is 23.2. The van der Waals surface area contributed by atoms with Crippen LogP contribution in [0.4, 0.5) is 4.79 Å². The van der Waals surface area contributed by atoms with Crippen molar-refractivity contribution < 1.29 is 14.7 Å². The number of carbonyl (C=O) groups excluding carboxylic acids is 1. The molecule has 1 unspecified atom stereocenters. The van der Waals surface area contributed by atoms with Gasteiger partial charge in [0.05, 0.1) is 6.04 Å². The van der Waals surface area contributed by atoms with E-state index in [2.05, 4.69) is 11.2 Å². The number of amides is 2. The zero-order chi connectivity index (χ0) is 11.8. The molecule has 0 rings (SSSR count). The lowest BCUT2D eigenvalue weighted by molar-refractivity contribution is -0.137. The van der Waals surface area contributed by atoms with E-state index in [9.17, 15) is 9.59 Å². The van der Waals surface area contributed by atoms with Gasteiger partial charge in [-0.3, -0.25) is 4.79 Å². The van der Waals surface area contributed by atoms with Crippen molar-refractivity contribution in [2.45, 2.75) is 26.3 Å². The van der Waals surface area contributed by atoms with Crippen LogP contribution in [-0.4, -0.2) is 41.1 Å². The fraction of sp³-hybridized carbons (Fsp3) is 0.600. The second kappa shape index (κ2) is 6.71. The molecule has 84 valence electrons. The van der Waals surface area contributed by atoms with Crippen molar-refractivity contribution in [3.63, 3.8) is 0 Å². The molecule has 0 aliphatic rings. The second-order valence-corrected chi connectivity index (χ2v) is 3.15. The number of urea groups is 1. The van der Waals surface area contributed by atoms with Crippen LogP contribution in [0.25, 0.3) is 0 Å².